The number of hydrogen-bond donors (Lipinski definition) is 0. The number of benzene rings is 1. The minimum absolute atomic E-state index is 0.271. The van der Waals surface area contributed by atoms with Gasteiger partial charge < -0.3 is 4.74 Å². The van der Waals surface area contributed by atoms with E-state index in [0.29, 0.717) is 28.3 Å². The van der Waals surface area contributed by atoms with E-state index in [1.54, 1.807) is 34.1 Å². The molecule has 0 N–H and O–H groups in total. The number of fused-ring (bicyclic) bond motifs is 4. The zero-order valence-corrected chi connectivity index (χ0v) is 19.7. The van der Waals surface area contributed by atoms with Gasteiger partial charge in [0.25, 0.3) is 0 Å². The molecule has 0 saturated carbocycles. The van der Waals surface area contributed by atoms with Gasteiger partial charge in [-0.3, -0.25) is 9.97 Å². The fraction of sp³-hybridized carbons (Fsp3) is 0.0769. The highest BCUT2D eigenvalue weighted by Gasteiger charge is 2.38. The summed E-state index contributed by atoms with van der Waals surface area (Å²) in [5.41, 5.74) is 5.76. The molecule has 6 heterocycles. The molecule has 7 rings (SSSR count). The molecule has 0 fully saturated rings. The van der Waals surface area contributed by atoms with Crippen molar-refractivity contribution in [2.24, 2.45) is 0 Å². The Morgan fingerprint density at radius 2 is 1.81 bits per heavy atom. The zero-order chi connectivity index (χ0) is 24.2. The average molecular weight is 493 g/mol. The number of pyridine rings is 2. The predicted molar refractivity (Wildman–Crippen MR) is 133 cm³/mol. The van der Waals surface area contributed by atoms with Gasteiger partial charge in [0.05, 0.1) is 28.4 Å². The Hall–Kier alpha value is -4.63. The Morgan fingerprint density at radius 3 is 2.58 bits per heavy atom. The summed E-state index contributed by atoms with van der Waals surface area (Å²) in [5.74, 6) is 1.31. The summed E-state index contributed by atoms with van der Waals surface area (Å²) in [5, 5.41) is 10.1. The highest BCUT2D eigenvalue weighted by atomic mass is 35.5. The molecule has 0 unspecified atom stereocenters. The van der Waals surface area contributed by atoms with Crippen LogP contribution in [0.25, 0.3) is 22.7 Å². The number of aryl methyl sites for hydroxylation is 1. The maximum absolute atomic E-state index is 6.43. The van der Waals surface area contributed by atoms with Crippen LogP contribution in [0, 0.1) is 6.92 Å². The lowest BCUT2D eigenvalue weighted by Gasteiger charge is -2.26. The van der Waals surface area contributed by atoms with E-state index < -0.39 is 0 Å². The average Bonchev–Trinajstić information content (AvgIpc) is 3.50. The van der Waals surface area contributed by atoms with Gasteiger partial charge in [-0.25, -0.2) is 19.2 Å². The summed E-state index contributed by atoms with van der Waals surface area (Å²) in [6.07, 6.45) is 8.67. The van der Waals surface area contributed by atoms with Crippen molar-refractivity contribution in [3.05, 3.63) is 107 Å². The minimum Gasteiger partial charge on any atom is -0.420 e. The number of aromatic nitrogens is 8. The Kier molecular flexibility index (Phi) is 4.58. The number of nitrogens with zero attached hydrogens (tertiary/aromatic N) is 8. The third kappa shape index (κ3) is 3.17. The number of hydrogen-bond acceptors (Lipinski definition) is 7. The third-order valence-electron chi connectivity index (χ3n) is 6.21. The molecule has 0 aliphatic carbocycles. The smallest absolute Gasteiger partial charge is 0.230 e. The maximum atomic E-state index is 6.43. The van der Waals surface area contributed by atoms with Gasteiger partial charge in [0.2, 0.25) is 11.8 Å². The van der Waals surface area contributed by atoms with Gasteiger partial charge in [0, 0.05) is 35.4 Å². The predicted octanol–water partition coefficient (Wildman–Crippen LogP) is 5.01. The van der Waals surface area contributed by atoms with Crippen molar-refractivity contribution in [1.82, 2.24) is 39.3 Å². The topological polar surface area (TPSA) is 95.9 Å². The molecular weight excluding hydrogens is 476 g/mol. The standard InChI is InChI=1S/C26H17ClN8O/c1-15-20-21(16-5-3-9-28-12-16)22-24-31-23(17-6-4-10-29-13-17)33-34(24)14-30-25(22)36-26(20)35(32-15)19-8-2-7-18(27)11-19/h2-14,21H,1H3/t21-/m0/s1. The summed E-state index contributed by atoms with van der Waals surface area (Å²) < 4.78 is 9.87. The van der Waals surface area contributed by atoms with E-state index in [1.807, 2.05) is 61.7 Å². The molecule has 1 aliphatic rings. The summed E-state index contributed by atoms with van der Waals surface area (Å²) >= 11 is 6.28. The summed E-state index contributed by atoms with van der Waals surface area (Å²) in [6.45, 7) is 1.97. The van der Waals surface area contributed by atoms with Crippen LogP contribution in [0.4, 0.5) is 0 Å². The van der Waals surface area contributed by atoms with Crippen molar-refractivity contribution in [2.45, 2.75) is 12.8 Å². The van der Waals surface area contributed by atoms with E-state index in [-0.39, 0.29) is 5.92 Å². The maximum Gasteiger partial charge on any atom is 0.230 e. The second-order valence-electron chi connectivity index (χ2n) is 8.43. The van der Waals surface area contributed by atoms with Crippen LogP contribution in [-0.2, 0) is 0 Å². The number of rotatable bonds is 3. The van der Waals surface area contributed by atoms with Crippen LogP contribution in [0.1, 0.15) is 28.3 Å². The minimum atomic E-state index is -0.271. The van der Waals surface area contributed by atoms with Crippen molar-refractivity contribution in [3.8, 4) is 28.8 Å². The number of halogens is 1. The first kappa shape index (κ1) is 20.7. The van der Waals surface area contributed by atoms with Gasteiger partial charge in [-0.05, 0) is 48.9 Å². The lowest BCUT2D eigenvalue weighted by molar-refractivity contribution is 0.402. The first-order valence-electron chi connectivity index (χ1n) is 11.3. The Balaban J connectivity index is 1.49. The molecule has 174 valence electrons. The molecule has 0 saturated heterocycles. The zero-order valence-electron chi connectivity index (χ0n) is 18.9. The molecule has 0 spiro atoms. The Bertz CT molecular complexity index is 1750. The molecular formula is C26H17ClN8O. The van der Waals surface area contributed by atoms with E-state index in [9.17, 15) is 0 Å². The van der Waals surface area contributed by atoms with Crippen LogP contribution < -0.4 is 4.74 Å². The quantitative estimate of drug-likeness (QED) is 0.342. The molecule has 1 aliphatic heterocycles. The molecule has 1 aromatic carbocycles. The first-order valence-corrected chi connectivity index (χ1v) is 11.6. The Morgan fingerprint density at radius 1 is 0.944 bits per heavy atom. The third-order valence-corrected chi connectivity index (χ3v) is 6.45. The fourth-order valence-electron chi connectivity index (χ4n) is 4.66. The highest BCUT2D eigenvalue weighted by Crippen LogP contribution is 2.49. The lowest BCUT2D eigenvalue weighted by Crippen LogP contribution is -2.16. The SMILES string of the molecule is Cc1nn(-c2cccc(Cl)c2)c2c1[C@H](c1cccnc1)c1c(ncn3nc(-c4cccnc4)nc13)O2. The van der Waals surface area contributed by atoms with Gasteiger partial charge in [-0.1, -0.05) is 23.7 Å². The Labute approximate surface area is 210 Å². The van der Waals surface area contributed by atoms with E-state index in [4.69, 9.17) is 26.4 Å². The highest BCUT2D eigenvalue weighted by molar-refractivity contribution is 6.30. The van der Waals surface area contributed by atoms with Gasteiger partial charge in [0.15, 0.2) is 11.5 Å². The van der Waals surface area contributed by atoms with Crippen molar-refractivity contribution < 1.29 is 4.74 Å². The van der Waals surface area contributed by atoms with Gasteiger partial charge in [-0.2, -0.15) is 5.10 Å². The molecule has 0 bridgehead atoms. The lowest BCUT2D eigenvalue weighted by atomic mass is 9.85. The van der Waals surface area contributed by atoms with Crippen LogP contribution in [0.5, 0.6) is 11.8 Å². The molecule has 36 heavy (non-hydrogen) atoms. The molecule has 10 heteroatoms. The fourth-order valence-corrected chi connectivity index (χ4v) is 4.84. The van der Waals surface area contributed by atoms with Crippen LogP contribution in [0.2, 0.25) is 5.02 Å². The summed E-state index contributed by atoms with van der Waals surface area (Å²) in [4.78, 5) is 18.1. The molecule has 0 radical (unpaired) electrons. The summed E-state index contributed by atoms with van der Waals surface area (Å²) in [7, 11) is 0. The molecule has 6 aromatic rings. The van der Waals surface area contributed by atoms with Gasteiger partial charge in [0.1, 0.15) is 6.33 Å². The molecule has 9 nitrogen and oxygen atoms in total. The van der Waals surface area contributed by atoms with Crippen LogP contribution in [-0.4, -0.2) is 39.3 Å². The second kappa shape index (κ2) is 7.96. The van der Waals surface area contributed by atoms with E-state index in [0.717, 1.165) is 33.6 Å². The normalized spacial score (nSPS) is 14.3. The summed E-state index contributed by atoms with van der Waals surface area (Å²) in [6, 6.07) is 15.2. The van der Waals surface area contributed by atoms with E-state index in [1.165, 1.54) is 0 Å². The largest absolute Gasteiger partial charge is 0.420 e. The van der Waals surface area contributed by atoms with Crippen molar-refractivity contribution in [3.63, 3.8) is 0 Å². The van der Waals surface area contributed by atoms with Crippen LogP contribution in [0.15, 0.2) is 79.6 Å². The van der Waals surface area contributed by atoms with Crippen molar-refractivity contribution in [2.75, 3.05) is 0 Å². The van der Waals surface area contributed by atoms with Crippen molar-refractivity contribution in [1.29, 1.82) is 0 Å². The van der Waals surface area contributed by atoms with Crippen molar-refractivity contribution >= 4 is 17.2 Å². The molecule has 0 amide bonds. The van der Waals surface area contributed by atoms with Crippen LogP contribution >= 0.6 is 11.6 Å². The van der Waals surface area contributed by atoms with E-state index in [2.05, 4.69) is 20.1 Å². The van der Waals surface area contributed by atoms with Crippen LogP contribution in [0.3, 0.4) is 0 Å². The second-order valence-corrected chi connectivity index (χ2v) is 8.86. The molecule has 5 aromatic heterocycles. The van der Waals surface area contributed by atoms with Gasteiger partial charge in [-0.15, -0.1) is 5.10 Å². The van der Waals surface area contributed by atoms with Gasteiger partial charge >= 0.3 is 0 Å². The molecule has 1 atom stereocenters. The van der Waals surface area contributed by atoms with E-state index >= 15 is 0 Å². The monoisotopic (exact) mass is 492 g/mol. The first-order chi connectivity index (χ1) is 17.7. The number of ether oxygens (including phenoxy) is 1.